The van der Waals surface area contributed by atoms with Crippen molar-refractivity contribution in [1.82, 2.24) is 0 Å². The standard InChI is InChI=1S/C15H21N3O/c1-11-5-3-4-6-13(11)18-14(16)17-9-15(18,10-19-2)12-7-8-12/h3-6,12H,7-10H2,1-2H3,(H2,16,17). The van der Waals surface area contributed by atoms with Crippen molar-refractivity contribution in [2.75, 3.05) is 25.2 Å². The van der Waals surface area contributed by atoms with Gasteiger partial charge in [-0.2, -0.15) is 0 Å². The molecule has 1 heterocycles. The van der Waals surface area contributed by atoms with Crippen LogP contribution in [0.25, 0.3) is 0 Å². The highest BCUT2D eigenvalue weighted by atomic mass is 16.5. The van der Waals surface area contributed by atoms with Gasteiger partial charge in [-0.3, -0.25) is 4.99 Å². The Morgan fingerprint density at radius 2 is 2.16 bits per heavy atom. The average molecular weight is 259 g/mol. The molecule has 1 aliphatic heterocycles. The first kappa shape index (κ1) is 12.5. The van der Waals surface area contributed by atoms with Crippen LogP contribution in [0.15, 0.2) is 29.3 Å². The second kappa shape index (κ2) is 4.53. The molecule has 1 aromatic rings. The zero-order valence-corrected chi connectivity index (χ0v) is 11.6. The molecule has 1 aromatic carbocycles. The number of guanidine groups is 1. The minimum atomic E-state index is -0.0784. The van der Waals surface area contributed by atoms with E-state index in [1.54, 1.807) is 7.11 Å². The number of anilines is 1. The Hall–Kier alpha value is -1.55. The zero-order chi connectivity index (χ0) is 13.5. The Bertz CT molecular complexity index is 510. The molecular formula is C15H21N3O. The lowest BCUT2D eigenvalue weighted by Gasteiger charge is -2.39. The molecule has 0 aromatic heterocycles. The topological polar surface area (TPSA) is 50.9 Å². The Labute approximate surface area is 114 Å². The largest absolute Gasteiger partial charge is 0.382 e. The van der Waals surface area contributed by atoms with Gasteiger partial charge in [0, 0.05) is 12.8 Å². The zero-order valence-electron chi connectivity index (χ0n) is 11.6. The summed E-state index contributed by atoms with van der Waals surface area (Å²) in [6.45, 7) is 3.53. The van der Waals surface area contributed by atoms with E-state index in [-0.39, 0.29) is 5.54 Å². The molecule has 4 heteroatoms. The quantitative estimate of drug-likeness (QED) is 0.899. The number of nitrogens with two attached hydrogens (primary N) is 1. The Balaban J connectivity index is 2.04. The van der Waals surface area contributed by atoms with Crippen molar-refractivity contribution in [1.29, 1.82) is 0 Å². The summed E-state index contributed by atoms with van der Waals surface area (Å²) in [6.07, 6.45) is 2.49. The number of rotatable bonds is 4. The fraction of sp³-hybridized carbons (Fsp3) is 0.533. The van der Waals surface area contributed by atoms with Crippen molar-refractivity contribution in [3.05, 3.63) is 29.8 Å². The summed E-state index contributed by atoms with van der Waals surface area (Å²) >= 11 is 0. The monoisotopic (exact) mass is 259 g/mol. The lowest BCUT2D eigenvalue weighted by molar-refractivity contribution is 0.129. The maximum atomic E-state index is 6.17. The Morgan fingerprint density at radius 1 is 1.42 bits per heavy atom. The van der Waals surface area contributed by atoms with E-state index in [0.717, 1.165) is 12.2 Å². The molecule has 1 saturated carbocycles. The molecule has 0 saturated heterocycles. The lowest BCUT2D eigenvalue weighted by atomic mass is 9.92. The van der Waals surface area contributed by atoms with Crippen molar-refractivity contribution in [2.45, 2.75) is 25.3 Å². The Morgan fingerprint density at radius 3 is 2.79 bits per heavy atom. The van der Waals surface area contributed by atoms with E-state index in [4.69, 9.17) is 10.5 Å². The average Bonchev–Trinajstić information content (AvgIpc) is 3.19. The van der Waals surface area contributed by atoms with Gasteiger partial charge in [0.15, 0.2) is 5.96 Å². The van der Waals surface area contributed by atoms with Gasteiger partial charge in [0.05, 0.1) is 18.7 Å². The van der Waals surface area contributed by atoms with Crippen LogP contribution in [0, 0.1) is 12.8 Å². The van der Waals surface area contributed by atoms with Crippen LogP contribution in [0.2, 0.25) is 0 Å². The van der Waals surface area contributed by atoms with Crippen LogP contribution in [0.1, 0.15) is 18.4 Å². The molecule has 0 radical (unpaired) electrons. The summed E-state index contributed by atoms with van der Waals surface area (Å²) in [6, 6.07) is 8.34. The summed E-state index contributed by atoms with van der Waals surface area (Å²) < 4.78 is 5.50. The van der Waals surface area contributed by atoms with Crippen LogP contribution in [-0.2, 0) is 4.74 Å². The van der Waals surface area contributed by atoms with Crippen LogP contribution in [-0.4, -0.2) is 31.8 Å². The van der Waals surface area contributed by atoms with Crippen LogP contribution >= 0.6 is 0 Å². The fourth-order valence-electron chi connectivity index (χ4n) is 3.18. The van der Waals surface area contributed by atoms with E-state index in [1.807, 2.05) is 0 Å². The number of aliphatic imine (C=N–C) groups is 1. The van der Waals surface area contributed by atoms with E-state index in [1.165, 1.54) is 18.4 Å². The van der Waals surface area contributed by atoms with Gasteiger partial charge in [-0.1, -0.05) is 18.2 Å². The van der Waals surface area contributed by atoms with Crippen LogP contribution in [0.3, 0.4) is 0 Å². The van der Waals surface area contributed by atoms with Gasteiger partial charge in [-0.05, 0) is 37.3 Å². The molecule has 2 aliphatic rings. The molecule has 19 heavy (non-hydrogen) atoms. The number of hydrogen-bond acceptors (Lipinski definition) is 4. The first-order chi connectivity index (χ1) is 9.19. The third-order valence-electron chi connectivity index (χ3n) is 4.28. The molecule has 2 N–H and O–H groups in total. The van der Waals surface area contributed by atoms with E-state index in [2.05, 4.69) is 41.1 Å². The smallest absolute Gasteiger partial charge is 0.196 e. The molecule has 3 rings (SSSR count). The predicted octanol–water partition coefficient (Wildman–Crippen LogP) is 1.92. The van der Waals surface area contributed by atoms with E-state index in [9.17, 15) is 0 Å². The van der Waals surface area contributed by atoms with Gasteiger partial charge in [-0.15, -0.1) is 0 Å². The number of benzene rings is 1. The van der Waals surface area contributed by atoms with E-state index < -0.39 is 0 Å². The minimum Gasteiger partial charge on any atom is -0.382 e. The first-order valence-corrected chi connectivity index (χ1v) is 6.84. The van der Waals surface area contributed by atoms with Crippen LogP contribution < -0.4 is 10.6 Å². The van der Waals surface area contributed by atoms with Crippen molar-refractivity contribution < 1.29 is 4.74 Å². The highest BCUT2D eigenvalue weighted by Gasteiger charge is 2.53. The number of aryl methyl sites for hydroxylation is 1. The van der Waals surface area contributed by atoms with Crippen LogP contribution in [0.5, 0.6) is 0 Å². The minimum absolute atomic E-state index is 0.0784. The highest BCUT2D eigenvalue weighted by Crippen LogP contribution is 2.47. The van der Waals surface area contributed by atoms with E-state index in [0.29, 0.717) is 18.5 Å². The molecule has 1 fully saturated rings. The summed E-state index contributed by atoms with van der Waals surface area (Å²) in [7, 11) is 1.76. The number of nitrogens with zero attached hydrogens (tertiary/aromatic N) is 2. The second-order valence-corrected chi connectivity index (χ2v) is 5.61. The molecule has 1 unspecified atom stereocenters. The predicted molar refractivity (Wildman–Crippen MR) is 77.5 cm³/mol. The number of para-hydroxylation sites is 1. The maximum absolute atomic E-state index is 6.17. The van der Waals surface area contributed by atoms with Gasteiger partial charge in [0.2, 0.25) is 0 Å². The number of ether oxygens (including phenoxy) is 1. The molecule has 4 nitrogen and oxygen atoms in total. The highest BCUT2D eigenvalue weighted by molar-refractivity contribution is 5.99. The first-order valence-electron chi connectivity index (χ1n) is 6.84. The van der Waals surface area contributed by atoms with Crippen LogP contribution in [0.4, 0.5) is 5.69 Å². The maximum Gasteiger partial charge on any atom is 0.196 e. The molecule has 102 valence electrons. The SMILES string of the molecule is COCC1(C2CC2)CN=C(N)N1c1ccccc1C. The molecule has 1 aliphatic carbocycles. The summed E-state index contributed by atoms with van der Waals surface area (Å²) in [4.78, 5) is 6.72. The molecule has 1 atom stereocenters. The number of hydrogen-bond donors (Lipinski definition) is 1. The summed E-state index contributed by atoms with van der Waals surface area (Å²) in [5, 5.41) is 0. The second-order valence-electron chi connectivity index (χ2n) is 5.61. The molecule has 0 spiro atoms. The third kappa shape index (κ3) is 1.91. The van der Waals surface area contributed by atoms with Gasteiger partial charge in [0.1, 0.15) is 0 Å². The molecule has 0 bridgehead atoms. The van der Waals surface area contributed by atoms with Crippen molar-refractivity contribution >= 4 is 11.6 Å². The molecular weight excluding hydrogens is 238 g/mol. The number of methoxy groups -OCH3 is 1. The van der Waals surface area contributed by atoms with Gasteiger partial charge in [-0.25, -0.2) is 0 Å². The fourth-order valence-corrected chi connectivity index (χ4v) is 3.18. The lowest BCUT2D eigenvalue weighted by Crippen LogP contribution is -2.56. The van der Waals surface area contributed by atoms with Crippen molar-refractivity contribution in [3.8, 4) is 0 Å². The van der Waals surface area contributed by atoms with Crippen molar-refractivity contribution in [3.63, 3.8) is 0 Å². The van der Waals surface area contributed by atoms with Gasteiger partial charge >= 0.3 is 0 Å². The third-order valence-corrected chi connectivity index (χ3v) is 4.28. The van der Waals surface area contributed by atoms with Crippen molar-refractivity contribution in [2.24, 2.45) is 16.6 Å². The van der Waals surface area contributed by atoms with E-state index >= 15 is 0 Å². The molecule has 0 amide bonds. The van der Waals surface area contributed by atoms with Gasteiger partial charge in [0.25, 0.3) is 0 Å². The summed E-state index contributed by atoms with van der Waals surface area (Å²) in [5.74, 6) is 1.26. The normalized spacial score (nSPS) is 26.6. The van der Waals surface area contributed by atoms with Gasteiger partial charge < -0.3 is 15.4 Å². The Kier molecular flexibility index (Phi) is 2.97. The summed E-state index contributed by atoms with van der Waals surface area (Å²) in [5.41, 5.74) is 8.48.